The monoisotopic (exact) mass is 246 g/mol. The van der Waals surface area contributed by atoms with Crippen LogP contribution in [0.15, 0.2) is 23.0 Å². The summed E-state index contributed by atoms with van der Waals surface area (Å²) in [6.07, 6.45) is 3.24. The van der Waals surface area contributed by atoms with Crippen molar-refractivity contribution in [2.24, 2.45) is 0 Å². The second kappa shape index (κ2) is 4.95. The second-order valence-corrected chi connectivity index (χ2v) is 4.07. The molecule has 94 valence electrons. The van der Waals surface area contributed by atoms with E-state index in [4.69, 9.17) is 4.52 Å². The Morgan fingerprint density at radius 1 is 1.44 bits per heavy atom. The van der Waals surface area contributed by atoms with Crippen LogP contribution in [-0.4, -0.2) is 21.0 Å². The number of rotatable bonds is 3. The van der Waals surface area contributed by atoms with Crippen molar-refractivity contribution in [1.82, 2.24) is 20.4 Å². The van der Waals surface area contributed by atoms with Crippen molar-refractivity contribution in [3.05, 3.63) is 41.3 Å². The van der Waals surface area contributed by atoms with Crippen LogP contribution < -0.4 is 5.32 Å². The highest BCUT2D eigenvalue weighted by Gasteiger charge is 2.17. The maximum Gasteiger partial charge on any atom is 0.252 e. The minimum atomic E-state index is -0.328. The number of aromatic nitrogens is 3. The van der Waals surface area contributed by atoms with Gasteiger partial charge < -0.3 is 9.84 Å². The smallest absolute Gasteiger partial charge is 0.252 e. The summed E-state index contributed by atoms with van der Waals surface area (Å²) in [5, 5.41) is 6.49. The van der Waals surface area contributed by atoms with Crippen LogP contribution in [0.1, 0.15) is 40.6 Å². The molecule has 0 aliphatic heterocycles. The number of hydrogen-bond donors (Lipinski definition) is 1. The van der Waals surface area contributed by atoms with Crippen LogP contribution in [0.25, 0.3) is 0 Å². The molecule has 2 rings (SSSR count). The highest BCUT2D eigenvalue weighted by Crippen LogP contribution is 2.11. The van der Waals surface area contributed by atoms with Crippen LogP contribution in [0.5, 0.6) is 0 Å². The number of aryl methyl sites for hydroxylation is 2. The molecule has 0 aromatic carbocycles. The van der Waals surface area contributed by atoms with Gasteiger partial charge in [-0.3, -0.25) is 9.78 Å². The molecule has 0 saturated heterocycles. The lowest BCUT2D eigenvalue weighted by Gasteiger charge is -2.10. The lowest BCUT2D eigenvalue weighted by Crippen LogP contribution is -2.27. The summed E-state index contributed by atoms with van der Waals surface area (Å²) in [6.45, 7) is 5.36. The Labute approximate surface area is 104 Å². The third-order valence-electron chi connectivity index (χ3n) is 2.53. The molecule has 18 heavy (non-hydrogen) atoms. The fourth-order valence-electron chi connectivity index (χ4n) is 1.55. The average molecular weight is 246 g/mol. The van der Waals surface area contributed by atoms with Crippen molar-refractivity contribution in [3.63, 3.8) is 0 Å². The van der Waals surface area contributed by atoms with Gasteiger partial charge in [-0.2, -0.15) is 4.98 Å². The lowest BCUT2D eigenvalue weighted by molar-refractivity contribution is 0.0932. The summed E-state index contributed by atoms with van der Waals surface area (Å²) in [4.78, 5) is 20.0. The van der Waals surface area contributed by atoms with Gasteiger partial charge in [0.15, 0.2) is 5.82 Å². The van der Waals surface area contributed by atoms with E-state index < -0.39 is 0 Å². The van der Waals surface area contributed by atoms with E-state index in [-0.39, 0.29) is 11.9 Å². The number of carbonyl (C=O) groups excluding carboxylic acids is 1. The van der Waals surface area contributed by atoms with Gasteiger partial charge in [-0.1, -0.05) is 5.16 Å². The van der Waals surface area contributed by atoms with Gasteiger partial charge in [0, 0.05) is 18.0 Å². The van der Waals surface area contributed by atoms with Crippen LogP contribution in [0, 0.1) is 13.8 Å². The van der Waals surface area contributed by atoms with Crippen molar-refractivity contribution in [1.29, 1.82) is 0 Å². The summed E-state index contributed by atoms with van der Waals surface area (Å²) in [7, 11) is 0. The van der Waals surface area contributed by atoms with Crippen molar-refractivity contribution in [2.45, 2.75) is 26.8 Å². The molecule has 0 bridgehead atoms. The summed E-state index contributed by atoms with van der Waals surface area (Å²) in [6, 6.07) is 1.35. The van der Waals surface area contributed by atoms with Gasteiger partial charge in [-0.05, 0) is 32.4 Å². The number of nitrogens with one attached hydrogen (secondary N) is 1. The lowest BCUT2D eigenvalue weighted by atomic mass is 10.1. The minimum Gasteiger partial charge on any atom is -0.341 e. The molecule has 0 fully saturated rings. The Kier molecular flexibility index (Phi) is 3.36. The molecule has 0 aliphatic rings. The normalized spacial score (nSPS) is 12.2. The summed E-state index contributed by atoms with van der Waals surface area (Å²) in [5.74, 6) is 0.761. The number of pyridine rings is 1. The van der Waals surface area contributed by atoms with Gasteiger partial charge in [-0.15, -0.1) is 0 Å². The number of hydrogen-bond acceptors (Lipinski definition) is 5. The van der Waals surface area contributed by atoms with Gasteiger partial charge in [0.25, 0.3) is 5.91 Å². The van der Waals surface area contributed by atoms with Crippen LogP contribution in [0.2, 0.25) is 0 Å². The standard InChI is InChI=1S/C12H14N4O2/c1-7-6-13-5-4-10(7)11(17)14-8(2)12-15-9(3)16-18-12/h4-6,8H,1-3H3,(H,14,17)/t8-/m0/s1. The first-order chi connectivity index (χ1) is 8.58. The Morgan fingerprint density at radius 2 is 2.22 bits per heavy atom. The Hall–Kier alpha value is -2.24. The second-order valence-electron chi connectivity index (χ2n) is 4.07. The molecule has 6 nitrogen and oxygen atoms in total. The average Bonchev–Trinajstić information content (AvgIpc) is 2.76. The molecule has 1 N–H and O–H groups in total. The van der Waals surface area contributed by atoms with Gasteiger partial charge >= 0.3 is 0 Å². The van der Waals surface area contributed by atoms with Crippen LogP contribution in [0.3, 0.4) is 0 Å². The molecule has 0 radical (unpaired) electrons. The predicted molar refractivity (Wildman–Crippen MR) is 63.9 cm³/mol. The maximum atomic E-state index is 12.0. The molecular weight excluding hydrogens is 232 g/mol. The molecule has 1 atom stereocenters. The van der Waals surface area contributed by atoms with Gasteiger partial charge in [0.2, 0.25) is 5.89 Å². The van der Waals surface area contributed by atoms with Crippen molar-refractivity contribution in [2.75, 3.05) is 0 Å². The van der Waals surface area contributed by atoms with E-state index in [0.29, 0.717) is 17.3 Å². The Morgan fingerprint density at radius 3 is 2.83 bits per heavy atom. The third kappa shape index (κ3) is 2.53. The fourth-order valence-corrected chi connectivity index (χ4v) is 1.55. The SMILES string of the molecule is Cc1noc([C@H](C)NC(=O)c2ccncc2C)n1. The minimum absolute atomic E-state index is 0.182. The number of carbonyl (C=O) groups is 1. The predicted octanol–water partition coefficient (Wildman–Crippen LogP) is 1.57. The van der Waals surface area contributed by atoms with E-state index in [1.807, 2.05) is 6.92 Å². The molecule has 6 heteroatoms. The molecule has 2 heterocycles. The molecule has 0 aliphatic carbocycles. The first-order valence-electron chi connectivity index (χ1n) is 5.59. The largest absolute Gasteiger partial charge is 0.341 e. The van der Waals surface area contributed by atoms with Gasteiger partial charge in [0.1, 0.15) is 6.04 Å². The van der Waals surface area contributed by atoms with Crippen molar-refractivity contribution < 1.29 is 9.32 Å². The van der Waals surface area contributed by atoms with Gasteiger partial charge in [0.05, 0.1) is 0 Å². The van der Waals surface area contributed by atoms with E-state index in [0.717, 1.165) is 5.56 Å². The Bertz CT molecular complexity index is 565. The summed E-state index contributed by atoms with van der Waals surface area (Å²) < 4.78 is 5.00. The zero-order chi connectivity index (χ0) is 13.1. The molecule has 0 spiro atoms. The van der Waals surface area contributed by atoms with Crippen molar-refractivity contribution >= 4 is 5.91 Å². The molecule has 0 saturated carbocycles. The van der Waals surface area contributed by atoms with E-state index in [9.17, 15) is 4.79 Å². The summed E-state index contributed by atoms with van der Waals surface area (Å²) in [5.41, 5.74) is 1.41. The van der Waals surface area contributed by atoms with Crippen LogP contribution >= 0.6 is 0 Å². The highest BCUT2D eigenvalue weighted by atomic mass is 16.5. The van der Waals surface area contributed by atoms with E-state index >= 15 is 0 Å². The van der Waals surface area contributed by atoms with E-state index in [2.05, 4.69) is 20.4 Å². The third-order valence-corrected chi connectivity index (χ3v) is 2.53. The topological polar surface area (TPSA) is 80.9 Å². The van der Waals surface area contributed by atoms with Crippen LogP contribution in [-0.2, 0) is 0 Å². The molecule has 2 aromatic rings. The summed E-state index contributed by atoms with van der Waals surface area (Å²) >= 11 is 0. The number of amides is 1. The van der Waals surface area contributed by atoms with E-state index in [1.54, 1.807) is 32.3 Å². The maximum absolute atomic E-state index is 12.0. The quantitative estimate of drug-likeness (QED) is 0.889. The fraction of sp³-hybridized carbons (Fsp3) is 0.333. The van der Waals surface area contributed by atoms with Crippen LogP contribution in [0.4, 0.5) is 0 Å². The Balaban J connectivity index is 2.10. The molecule has 0 unspecified atom stereocenters. The number of nitrogens with zero attached hydrogens (tertiary/aromatic N) is 3. The zero-order valence-electron chi connectivity index (χ0n) is 10.5. The zero-order valence-corrected chi connectivity index (χ0v) is 10.5. The molecule has 1 amide bonds. The first-order valence-corrected chi connectivity index (χ1v) is 5.59. The highest BCUT2D eigenvalue weighted by molar-refractivity contribution is 5.95. The first kappa shape index (κ1) is 12.2. The molecule has 2 aromatic heterocycles. The molecular formula is C12H14N4O2. The van der Waals surface area contributed by atoms with E-state index in [1.165, 1.54) is 0 Å². The van der Waals surface area contributed by atoms with Gasteiger partial charge in [-0.25, -0.2) is 0 Å². The van der Waals surface area contributed by atoms with Crippen molar-refractivity contribution in [3.8, 4) is 0 Å².